The van der Waals surface area contributed by atoms with E-state index in [1.165, 1.54) is 0 Å². The van der Waals surface area contributed by atoms with Crippen LogP contribution in [0.15, 0.2) is 48.8 Å². The number of carbonyl (C=O) groups excluding carboxylic acids is 1. The van der Waals surface area contributed by atoms with Crippen LogP contribution in [0, 0.1) is 0 Å². The van der Waals surface area contributed by atoms with Crippen LogP contribution >= 0.6 is 11.6 Å². The predicted octanol–water partition coefficient (Wildman–Crippen LogP) is 3.28. The van der Waals surface area contributed by atoms with E-state index >= 15 is 0 Å². The quantitative estimate of drug-likeness (QED) is 0.689. The van der Waals surface area contributed by atoms with Crippen molar-refractivity contribution in [2.75, 3.05) is 0 Å². The van der Waals surface area contributed by atoms with Crippen LogP contribution in [0.4, 0.5) is 0 Å². The molecule has 0 aliphatic carbocycles. The summed E-state index contributed by atoms with van der Waals surface area (Å²) in [5, 5.41) is 11.9. The molecular formula is C18H20ClN5O2. The van der Waals surface area contributed by atoms with Gasteiger partial charge in [0.2, 0.25) is 0 Å². The number of amides is 1. The van der Waals surface area contributed by atoms with Crippen LogP contribution in [0.2, 0.25) is 5.02 Å². The number of halogens is 1. The van der Waals surface area contributed by atoms with Crippen molar-refractivity contribution in [2.24, 2.45) is 0 Å². The van der Waals surface area contributed by atoms with Gasteiger partial charge >= 0.3 is 0 Å². The summed E-state index contributed by atoms with van der Waals surface area (Å²) in [4.78, 5) is 12.4. The molecule has 3 rings (SSSR count). The highest BCUT2D eigenvalue weighted by Gasteiger charge is 2.16. The molecule has 0 bridgehead atoms. The lowest BCUT2D eigenvalue weighted by atomic mass is 10.2. The third-order valence-electron chi connectivity index (χ3n) is 3.90. The predicted molar refractivity (Wildman–Crippen MR) is 98.1 cm³/mol. The van der Waals surface area contributed by atoms with Gasteiger partial charge in [-0.15, -0.1) is 0 Å². The second-order valence-electron chi connectivity index (χ2n) is 5.71. The highest BCUT2D eigenvalue weighted by atomic mass is 35.5. The van der Waals surface area contributed by atoms with Gasteiger partial charge in [0.1, 0.15) is 11.4 Å². The lowest BCUT2D eigenvalue weighted by Crippen LogP contribution is -2.28. The maximum absolute atomic E-state index is 12.4. The molecule has 7 nitrogen and oxygen atoms in total. The Morgan fingerprint density at radius 2 is 2.12 bits per heavy atom. The van der Waals surface area contributed by atoms with Crippen molar-refractivity contribution in [2.45, 2.75) is 33.2 Å². The molecule has 0 aliphatic rings. The number of aromatic nitrogens is 4. The van der Waals surface area contributed by atoms with Crippen LogP contribution in [0.5, 0.6) is 5.75 Å². The lowest BCUT2D eigenvalue weighted by Gasteiger charge is -2.14. The van der Waals surface area contributed by atoms with Crippen molar-refractivity contribution in [1.82, 2.24) is 24.9 Å². The van der Waals surface area contributed by atoms with Crippen molar-refractivity contribution in [3.05, 3.63) is 65.2 Å². The van der Waals surface area contributed by atoms with Crippen molar-refractivity contribution < 1.29 is 9.53 Å². The van der Waals surface area contributed by atoms with E-state index in [1.807, 2.05) is 36.7 Å². The van der Waals surface area contributed by atoms with Gasteiger partial charge in [0, 0.05) is 18.9 Å². The Bertz CT molecular complexity index is 889. The van der Waals surface area contributed by atoms with Gasteiger partial charge < -0.3 is 10.1 Å². The number of para-hydroxylation sites is 1. The summed E-state index contributed by atoms with van der Waals surface area (Å²) in [6.07, 6.45) is 3.41. The second kappa shape index (κ2) is 8.05. The molecule has 3 aromatic rings. The van der Waals surface area contributed by atoms with Crippen LogP contribution < -0.4 is 10.1 Å². The van der Waals surface area contributed by atoms with Gasteiger partial charge in [-0.1, -0.05) is 23.7 Å². The van der Waals surface area contributed by atoms with Gasteiger partial charge in [-0.3, -0.25) is 9.48 Å². The molecule has 0 aliphatic heterocycles. The Hall–Kier alpha value is -2.80. The van der Waals surface area contributed by atoms with Crippen LogP contribution in [0.25, 0.3) is 0 Å². The lowest BCUT2D eigenvalue weighted by molar-refractivity contribution is 0.0931. The Kier molecular flexibility index (Phi) is 5.58. The molecule has 0 radical (unpaired) electrons. The van der Waals surface area contributed by atoms with E-state index in [2.05, 4.69) is 15.5 Å². The Labute approximate surface area is 156 Å². The molecule has 2 aromatic heterocycles. The molecule has 0 fully saturated rings. The highest BCUT2D eigenvalue weighted by molar-refractivity contribution is 6.32. The Morgan fingerprint density at radius 3 is 2.88 bits per heavy atom. The molecule has 8 heteroatoms. The van der Waals surface area contributed by atoms with Crippen molar-refractivity contribution >= 4 is 17.5 Å². The number of nitrogens with zero attached hydrogens (tertiary/aromatic N) is 4. The fraction of sp³-hybridized carbons (Fsp3) is 0.278. The molecular weight excluding hydrogens is 354 g/mol. The molecule has 1 N–H and O–H groups in total. The molecule has 1 unspecified atom stereocenters. The molecule has 0 spiro atoms. The molecule has 136 valence electrons. The molecule has 1 amide bonds. The van der Waals surface area contributed by atoms with E-state index in [0.29, 0.717) is 16.5 Å². The second-order valence-corrected chi connectivity index (χ2v) is 6.12. The van der Waals surface area contributed by atoms with Crippen LogP contribution in [0.1, 0.15) is 36.1 Å². The third kappa shape index (κ3) is 4.05. The normalized spacial score (nSPS) is 12.0. The minimum Gasteiger partial charge on any atom is -0.470 e. The van der Waals surface area contributed by atoms with Gasteiger partial charge in [0.05, 0.1) is 16.8 Å². The number of benzene rings is 1. The fourth-order valence-corrected chi connectivity index (χ4v) is 2.76. The van der Waals surface area contributed by atoms with Crippen molar-refractivity contribution in [1.29, 1.82) is 0 Å². The average molecular weight is 374 g/mol. The summed E-state index contributed by atoms with van der Waals surface area (Å²) in [5.41, 5.74) is 1.27. The fourth-order valence-electron chi connectivity index (χ4n) is 2.57. The number of carbonyl (C=O) groups is 1. The first-order chi connectivity index (χ1) is 12.6. The highest BCUT2D eigenvalue weighted by Crippen LogP contribution is 2.23. The molecule has 1 atom stereocenters. The van der Waals surface area contributed by atoms with Gasteiger partial charge in [-0.2, -0.15) is 10.2 Å². The first kappa shape index (κ1) is 18.0. The van der Waals surface area contributed by atoms with Crippen molar-refractivity contribution in [3.63, 3.8) is 0 Å². The van der Waals surface area contributed by atoms with E-state index in [1.54, 1.807) is 35.3 Å². The largest absolute Gasteiger partial charge is 0.470 e. The van der Waals surface area contributed by atoms with E-state index in [9.17, 15) is 4.79 Å². The molecule has 2 heterocycles. The van der Waals surface area contributed by atoms with E-state index in [-0.39, 0.29) is 18.7 Å². The van der Waals surface area contributed by atoms with Crippen LogP contribution in [-0.2, 0) is 13.3 Å². The molecule has 0 saturated heterocycles. The number of hydrogen-bond acceptors (Lipinski definition) is 4. The Balaban J connectivity index is 1.60. The summed E-state index contributed by atoms with van der Waals surface area (Å²) < 4.78 is 9.00. The topological polar surface area (TPSA) is 74.0 Å². The SMILES string of the molecule is CCn1nccc1C(C)NC(=O)c1ccn(COc2ccccc2Cl)n1. The van der Waals surface area contributed by atoms with E-state index in [0.717, 1.165) is 12.2 Å². The number of nitrogens with one attached hydrogen (secondary N) is 1. The van der Waals surface area contributed by atoms with Gasteiger partial charge in [-0.25, -0.2) is 4.68 Å². The third-order valence-corrected chi connectivity index (χ3v) is 4.21. The summed E-state index contributed by atoms with van der Waals surface area (Å²) in [6.45, 7) is 4.83. The Morgan fingerprint density at radius 1 is 1.31 bits per heavy atom. The average Bonchev–Trinajstić information content (AvgIpc) is 3.30. The summed E-state index contributed by atoms with van der Waals surface area (Å²) in [5.74, 6) is 0.315. The minimum absolute atomic E-state index is 0.162. The van der Waals surface area contributed by atoms with Gasteiger partial charge in [-0.05, 0) is 38.1 Å². The summed E-state index contributed by atoms with van der Waals surface area (Å²) in [7, 11) is 0. The first-order valence-electron chi connectivity index (χ1n) is 8.32. The number of aryl methyl sites for hydroxylation is 1. The maximum atomic E-state index is 12.4. The maximum Gasteiger partial charge on any atom is 0.272 e. The zero-order chi connectivity index (χ0) is 18.5. The summed E-state index contributed by atoms with van der Waals surface area (Å²) in [6, 6.07) is 10.6. The van der Waals surface area contributed by atoms with E-state index < -0.39 is 0 Å². The molecule has 0 saturated carbocycles. The molecule has 26 heavy (non-hydrogen) atoms. The first-order valence-corrected chi connectivity index (χ1v) is 8.69. The number of ether oxygens (including phenoxy) is 1. The standard InChI is InChI=1S/C18H20ClN5O2/c1-3-24-16(8-10-20-24)13(2)21-18(25)15-9-11-23(22-15)12-26-17-7-5-4-6-14(17)19/h4-11,13H,3,12H2,1-2H3,(H,21,25). The number of rotatable bonds is 7. The summed E-state index contributed by atoms with van der Waals surface area (Å²) >= 11 is 6.05. The van der Waals surface area contributed by atoms with E-state index in [4.69, 9.17) is 16.3 Å². The van der Waals surface area contributed by atoms with Gasteiger partial charge in [0.15, 0.2) is 6.73 Å². The van der Waals surface area contributed by atoms with Crippen LogP contribution in [-0.4, -0.2) is 25.5 Å². The monoisotopic (exact) mass is 373 g/mol. The van der Waals surface area contributed by atoms with Gasteiger partial charge in [0.25, 0.3) is 5.91 Å². The molecule has 1 aromatic carbocycles. The minimum atomic E-state index is -0.252. The van der Waals surface area contributed by atoms with Crippen molar-refractivity contribution in [3.8, 4) is 5.75 Å². The zero-order valence-corrected chi connectivity index (χ0v) is 15.3. The zero-order valence-electron chi connectivity index (χ0n) is 14.6. The smallest absolute Gasteiger partial charge is 0.272 e. The van der Waals surface area contributed by atoms with Crippen LogP contribution in [0.3, 0.4) is 0 Å². The number of hydrogen-bond donors (Lipinski definition) is 1.